The quantitative estimate of drug-likeness (QED) is 0.0277. The van der Waals surface area contributed by atoms with Gasteiger partial charge in [0.05, 0.1) is 13.2 Å². The van der Waals surface area contributed by atoms with Gasteiger partial charge in [-0.2, -0.15) is 0 Å². The molecule has 0 bridgehead atoms. The minimum absolute atomic E-state index is 0.0377. The van der Waals surface area contributed by atoms with Crippen molar-refractivity contribution in [2.24, 2.45) is 5.73 Å². The SMILES string of the molecule is CC/C=C/C/C=C/C/C=C/C/C=C/C/C=C/CCCC(=O)O[C@H](COC(=O)CCCCCCC/C=C/C/C=C/CCCCC)COP(=O)(O)OCCN. The molecule has 0 spiro atoms. The first-order chi connectivity index (χ1) is 25.8. The molecule has 2 atom stereocenters. The maximum atomic E-state index is 12.5. The smallest absolute Gasteiger partial charge is 0.462 e. The Hall–Kier alpha value is -2.81. The average molecular weight is 762 g/mol. The lowest BCUT2D eigenvalue weighted by Gasteiger charge is -2.19. The first-order valence-electron chi connectivity index (χ1n) is 20.1. The third-order valence-electron chi connectivity index (χ3n) is 7.77. The standard InChI is InChI=1S/C43H72NO8P/c1-3-5-7-9-11-13-15-17-19-20-22-24-26-28-30-32-34-36-43(46)52-41(40-51-53(47,48)50-38-37-44)39-49-42(45)35-33-31-29-27-25-23-21-18-16-14-12-10-8-6-4-2/h5,7,11-14,17-19,21-22,24,28,30,41H,3-4,6,8-10,15-16,20,23,25-27,29,31-40,44H2,1-2H3,(H,47,48)/b7-5+,13-11+,14-12+,19-17+,21-18+,24-22+,30-28+/t41-/m1/s1. The van der Waals surface area contributed by atoms with Crippen molar-refractivity contribution < 1.29 is 37.6 Å². The van der Waals surface area contributed by atoms with Gasteiger partial charge in [-0.15, -0.1) is 0 Å². The molecule has 0 aromatic rings. The highest BCUT2D eigenvalue weighted by Crippen LogP contribution is 2.43. The molecule has 0 aromatic heterocycles. The lowest BCUT2D eigenvalue weighted by molar-refractivity contribution is -0.161. The number of esters is 2. The number of phosphoric ester groups is 1. The molecule has 53 heavy (non-hydrogen) atoms. The van der Waals surface area contributed by atoms with Crippen LogP contribution in [0.2, 0.25) is 0 Å². The molecule has 0 radical (unpaired) electrons. The lowest BCUT2D eigenvalue weighted by atomic mass is 10.1. The highest BCUT2D eigenvalue weighted by atomic mass is 31.2. The van der Waals surface area contributed by atoms with Crippen LogP contribution in [0.5, 0.6) is 0 Å². The van der Waals surface area contributed by atoms with Gasteiger partial charge in [0, 0.05) is 19.4 Å². The molecule has 0 aliphatic carbocycles. The van der Waals surface area contributed by atoms with Crippen LogP contribution in [0.4, 0.5) is 0 Å². The molecule has 0 aromatic carbocycles. The van der Waals surface area contributed by atoms with Crippen molar-refractivity contribution >= 4 is 19.8 Å². The second-order valence-corrected chi connectivity index (χ2v) is 14.2. The first kappa shape index (κ1) is 50.2. The Morgan fingerprint density at radius 3 is 1.60 bits per heavy atom. The number of carbonyl (C=O) groups is 2. The molecule has 0 aliphatic heterocycles. The summed E-state index contributed by atoms with van der Waals surface area (Å²) in [5, 5.41) is 0. The van der Waals surface area contributed by atoms with Crippen molar-refractivity contribution in [3.8, 4) is 0 Å². The summed E-state index contributed by atoms with van der Waals surface area (Å²) in [7, 11) is -4.40. The van der Waals surface area contributed by atoms with Gasteiger partial charge in [0.25, 0.3) is 0 Å². The third kappa shape index (κ3) is 38.7. The molecule has 9 nitrogen and oxygen atoms in total. The Morgan fingerprint density at radius 2 is 1.06 bits per heavy atom. The van der Waals surface area contributed by atoms with Gasteiger partial charge in [-0.25, -0.2) is 4.57 Å². The summed E-state index contributed by atoms with van der Waals surface area (Å²) < 4.78 is 32.6. The maximum Gasteiger partial charge on any atom is 0.472 e. The lowest BCUT2D eigenvalue weighted by Crippen LogP contribution is -2.29. The highest BCUT2D eigenvalue weighted by Gasteiger charge is 2.25. The fraction of sp³-hybridized carbons (Fsp3) is 0.628. The zero-order chi connectivity index (χ0) is 38.9. The van der Waals surface area contributed by atoms with Crippen LogP contribution in [0.3, 0.4) is 0 Å². The Bertz CT molecular complexity index is 1140. The van der Waals surface area contributed by atoms with Gasteiger partial charge in [-0.1, -0.05) is 131 Å². The van der Waals surface area contributed by atoms with Crippen molar-refractivity contribution in [3.63, 3.8) is 0 Å². The van der Waals surface area contributed by atoms with Crippen LogP contribution < -0.4 is 5.73 Å². The normalized spacial score (nSPS) is 14.3. The summed E-state index contributed by atoms with van der Waals surface area (Å²) in [4.78, 5) is 34.8. The third-order valence-corrected chi connectivity index (χ3v) is 8.75. The number of nitrogens with two attached hydrogens (primary N) is 1. The molecule has 1 unspecified atom stereocenters. The molecule has 0 rings (SSSR count). The number of phosphoric acid groups is 1. The van der Waals surface area contributed by atoms with Crippen LogP contribution in [0.25, 0.3) is 0 Å². The van der Waals surface area contributed by atoms with Crippen LogP contribution >= 0.6 is 7.82 Å². The van der Waals surface area contributed by atoms with Crippen molar-refractivity contribution in [3.05, 3.63) is 85.1 Å². The van der Waals surface area contributed by atoms with Crippen molar-refractivity contribution in [2.45, 2.75) is 148 Å². The van der Waals surface area contributed by atoms with Crippen LogP contribution in [0.1, 0.15) is 142 Å². The van der Waals surface area contributed by atoms with Crippen molar-refractivity contribution in [1.82, 2.24) is 0 Å². The summed E-state index contributed by atoms with van der Waals surface area (Å²) in [6, 6.07) is 0. The number of hydrogen-bond donors (Lipinski definition) is 2. The van der Waals surface area contributed by atoms with Gasteiger partial charge in [0.2, 0.25) is 0 Å². The summed E-state index contributed by atoms with van der Waals surface area (Å²) in [6.45, 7) is 3.48. The molecule has 0 fully saturated rings. The Morgan fingerprint density at radius 1 is 0.585 bits per heavy atom. The Kier molecular flexibility index (Phi) is 36.8. The van der Waals surface area contributed by atoms with Crippen LogP contribution in [-0.2, 0) is 32.7 Å². The number of rotatable bonds is 36. The van der Waals surface area contributed by atoms with E-state index in [-0.39, 0.29) is 32.6 Å². The van der Waals surface area contributed by atoms with Crippen molar-refractivity contribution in [1.29, 1.82) is 0 Å². The predicted octanol–water partition coefficient (Wildman–Crippen LogP) is 11.3. The molecular weight excluding hydrogens is 689 g/mol. The van der Waals surface area contributed by atoms with E-state index in [2.05, 4.69) is 92.8 Å². The molecule has 0 saturated heterocycles. The van der Waals surface area contributed by atoms with Gasteiger partial charge in [-0.3, -0.25) is 18.6 Å². The Labute approximate surface area is 322 Å². The molecule has 3 N–H and O–H groups in total. The van der Waals surface area contributed by atoms with E-state index in [1.807, 2.05) is 6.08 Å². The van der Waals surface area contributed by atoms with Gasteiger partial charge < -0.3 is 20.1 Å². The van der Waals surface area contributed by atoms with Crippen LogP contribution in [-0.4, -0.2) is 49.3 Å². The molecule has 0 saturated carbocycles. The van der Waals surface area contributed by atoms with E-state index in [0.717, 1.165) is 70.6 Å². The molecule has 0 aliphatic rings. The minimum Gasteiger partial charge on any atom is -0.462 e. The minimum atomic E-state index is -4.40. The second-order valence-electron chi connectivity index (χ2n) is 12.8. The van der Waals surface area contributed by atoms with Gasteiger partial charge in [0.15, 0.2) is 6.10 Å². The number of unbranched alkanes of at least 4 members (excludes halogenated alkanes) is 9. The fourth-order valence-corrected chi connectivity index (χ4v) is 5.58. The second kappa shape index (κ2) is 38.9. The monoisotopic (exact) mass is 761 g/mol. The molecule has 0 amide bonds. The van der Waals surface area contributed by atoms with Crippen LogP contribution in [0.15, 0.2) is 85.1 Å². The summed E-state index contributed by atoms with van der Waals surface area (Å²) in [6.07, 6.45) is 47.6. The summed E-state index contributed by atoms with van der Waals surface area (Å²) in [5.41, 5.74) is 5.33. The van der Waals surface area contributed by atoms with E-state index < -0.39 is 32.5 Å². The van der Waals surface area contributed by atoms with Crippen LogP contribution in [0, 0.1) is 0 Å². The molecule has 302 valence electrons. The maximum absolute atomic E-state index is 12.5. The molecule has 10 heteroatoms. The topological polar surface area (TPSA) is 134 Å². The highest BCUT2D eigenvalue weighted by molar-refractivity contribution is 7.47. The zero-order valence-corrected chi connectivity index (χ0v) is 33.9. The zero-order valence-electron chi connectivity index (χ0n) is 33.0. The number of ether oxygens (including phenoxy) is 2. The van der Waals surface area contributed by atoms with E-state index in [1.54, 1.807) is 0 Å². The number of hydrogen-bond acceptors (Lipinski definition) is 8. The Balaban J connectivity index is 4.35. The van der Waals surface area contributed by atoms with Gasteiger partial charge in [-0.05, 0) is 83.5 Å². The van der Waals surface area contributed by atoms with E-state index in [4.69, 9.17) is 24.3 Å². The summed E-state index contributed by atoms with van der Waals surface area (Å²) in [5.74, 6) is -0.923. The first-order valence-corrected chi connectivity index (χ1v) is 21.6. The molecule has 0 heterocycles. The summed E-state index contributed by atoms with van der Waals surface area (Å²) >= 11 is 0. The predicted molar refractivity (Wildman–Crippen MR) is 219 cm³/mol. The van der Waals surface area contributed by atoms with E-state index in [0.29, 0.717) is 19.3 Å². The number of carbonyl (C=O) groups excluding carboxylic acids is 2. The molecular formula is C43H72NO8P. The fourth-order valence-electron chi connectivity index (χ4n) is 4.82. The number of allylic oxidation sites excluding steroid dienone is 14. The van der Waals surface area contributed by atoms with E-state index in [1.165, 1.54) is 25.7 Å². The van der Waals surface area contributed by atoms with Gasteiger partial charge in [0.1, 0.15) is 6.61 Å². The largest absolute Gasteiger partial charge is 0.472 e. The van der Waals surface area contributed by atoms with Gasteiger partial charge >= 0.3 is 19.8 Å². The van der Waals surface area contributed by atoms with Crippen molar-refractivity contribution in [2.75, 3.05) is 26.4 Å². The van der Waals surface area contributed by atoms with E-state index >= 15 is 0 Å². The average Bonchev–Trinajstić information content (AvgIpc) is 3.14. The van der Waals surface area contributed by atoms with E-state index in [9.17, 15) is 19.0 Å².